The van der Waals surface area contributed by atoms with Crippen LogP contribution in [0.5, 0.6) is 0 Å². The van der Waals surface area contributed by atoms with Crippen LogP contribution in [0.2, 0.25) is 0 Å². The first-order chi connectivity index (χ1) is 19.3. The van der Waals surface area contributed by atoms with Crippen molar-refractivity contribution in [2.75, 3.05) is 32.7 Å². The van der Waals surface area contributed by atoms with E-state index in [1.54, 1.807) is 0 Å². The highest BCUT2D eigenvalue weighted by atomic mass is 15.1. The van der Waals surface area contributed by atoms with E-state index in [9.17, 15) is 0 Å². The molecule has 0 saturated carbocycles. The average Bonchev–Trinajstić information content (AvgIpc) is 3.80. The van der Waals surface area contributed by atoms with Crippen molar-refractivity contribution in [3.63, 3.8) is 0 Å². The van der Waals surface area contributed by atoms with Gasteiger partial charge in [-0.25, -0.2) is 0 Å². The SMILES string of the molecule is C1=NC(c2ccc3cc(-c4c(-c5ccc(C6=NCCN6)cc5)[nH]c5cc(C6=NCCN6)ccc45)[nH]c3c2)NC1. The van der Waals surface area contributed by atoms with Gasteiger partial charge >= 0.3 is 0 Å². The number of fused-ring (bicyclic) bond motifs is 2. The molecule has 8 nitrogen and oxygen atoms in total. The lowest BCUT2D eigenvalue weighted by atomic mass is 10.0. The molecule has 0 amide bonds. The molecule has 0 bridgehead atoms. The van der Waals surface area contributed by atoms with Crippen molar-refractivity contribution in [2.45, 2.75) is 6.17 Å². The van der Waals surface area contributed by atoms with Crippen LogP contribution in [0.25, 0.3) is 44.3 Å². The molecule has 192 valence electrons. The molecule has 1 unspecified atom stereocenters. The number of H-pyrrole nitrogens is 2. The van der Waals surface area contributed by atoms with E-state index < -0.39 is 0 Å². The van der Waals surface area contributed by atoms with Gasteiger partial charge in [0, 0.05) is 70.0 Å². The van der Waals surface area contributed by atoms with E-state index in [-0.39, 0.29) is 6.17 Å². The fraction of sp³-hybridized carbons (Fsp3) is 0.194. The summed E-state index contributed by atoms with van der Waals surface area (Å²) >= 11 is 0. The van der Waals surface area contributed by atoms with Crippen LogP contribution in [-0.2, 0) is 0 Å². The monoisotopic (exact) mass is 512 g/mol. The van der Waals surface area contributed by atoms with Crippen molar-refractivity contribution < 1.29 is 0 Å². The van der Waals surface area contributed by atoms with Crippen molar-refractivity contribution in [1.82, 2.24) is 25.9 Å². The number of aliphatic imine (C=N–C) groups is 3. The van der Waals surface area contributed by atoms with Crippen LogP contribution in [0.4, 0.5) is 0 Å². The van der Waals surface area contributed by atoms with Crippen LogP contribution in [0, 0.1) is 0 Å². The predicted molar refractivity (Wildman–Crippen MR) is 159 cm³/mol. The van der Waals surface area contributed by atoms with Crippen molar-refractivity contribution in [1.29, 1.82) is 0 Å². The highest BCUT2D eigenvalue weighted by Gasteiger charge is 2.20. The van der Waals surface area contributed by atoms with E-state index in [0.717, 1.165) is 94.6 Å². The van der Waals surface area contributed by atoms with Gasteiger partial charge in [-0.1, -0.05) is 48.5 Å². The quantitative estimate of drug-likeness (QED) is 0.242. The second-order valence-electron chi connectivity index (χ2n) is 10.2. The minimum Gasteiger partial charge on any atom is -0.368 e. The summed E-state index contributed by atoms with van der Waals surface area (Å²) in [6.07, 6.45) is 1.96. The van der Waals surface area contributed by atoms with Crippen molar-refractivity contribution in [2.24, 2.45) is 15.0 Å². The maximum Gasteiger partial charge on any atom is 0.128 e. The molecule has 3 aliphatic rings. The Morgan fingerprint density at radius 1 is 0.692 bits per heavy atom. The van der Waals surface area contributed by atoms with Crippen LogP contribution in [-0.4, -0.2) is 60.6 Å². The Hall–Kier alpha value is -4.69. The minimum absolute atomic E-state index is 0.0211. The Morgan fingerprint density at radius 3 is 2.21 bits per heavy atom. The van der Waals surface area contributed by atoms with Gasteiger partial charge < -0.3 is 20.6 Å². The lowest BCUT2D eigenvalue weighted by Crippen LogP contribution is -2.19. The van der Waals surface area contributed by atoms with E-state index in [1.807, 2.05) is 6.21 Å². The number of hydrogen-bond acceptors (Lipinski definition) is 6. The molecule has 3 aliphatic heterocycles. The Kier molecular flexibility index (Phi) is 5.12. The fourth-order valence-corrected chi connectivity index (χ4v) is 5.85. The van der Waals surface area contributed by atoms with Crippen LogP contribution in [0.1, 0.15) is 22.9 Å². The number of nitrogens with zero attached hydrogens (tertiary/aromatic N) is 3. The molecule has 2 aromatic heterocycles. The summed E-state index contributed by atoms with van der Waals surface area (Å²) in [5.41, 5.74) is 10.0. The molecule has 0 fully saturated rings. The molecular weight excluding hydrogens is 484 g/mol. The molecule has 3 aromatic carbocycles. The van der Waals surface area contributed by atoms with Crippen molar-refractivity contribution in [3.05, 3.63) is 83.4 Å². The summed E-state index contributed by atoms with van der Waals surface area (Å²) < 4.78 is 0. The molecule has 1 atom stereocenters. The molecule has 5 heterocycles. The lowest BCUT2D eigenvalue weighted by Gasteiger charge is -2.08. The van der Waals surface area contributed by atoms with Crippen LogP contribution >= 0.6 is 0 Å². The Morgan fingerprint density at radius 2 is 1.46 bits per heavy atom. The molecule has 0 saturated heterocycles. The predicted octanol–water partition coefficient (Wildman–Crippen LogP) is 4.36. The van der Waals surface area contributed by atoms with Gasteiger partial charge in [0.2, 0.25) is 0 Å². The Bertz CT molecular complexity index is 1820. The first kappa shape index (κ1) is 22.3. The average molecular weight is 513 g/mol. The van der Waals surface area contributed by atoms with Gasteiger partial charge in [-0.2, -0.15) is 0 Å². The topological polar surface area (TPSA) is 105 Å². The van der Waals surface area contributed by atoms with Gasteiger partial charge in [0.15, 0.2) is 0 Å². The zero-order valence-corrected chi connectivity index (χ0v) is 21.4. The third kappa shape index (κ3) is 3.83. The van der Waals surface area contributed by atoms with Gasteiger partial charge in [-0.3, -0.25) is 20.3 Å². The number of aromatic amines is 2. The molecular formula is C31H28N8. The van der Waals surface area contributed by atoms with Crippen LogP contribution < -0.4 is 16.0 Å². The number of aromatic nitrogens is 2. The van der Waals surface area contributed by atoms with Crippen molar-refractivity contribution in [3.8, 4) is 22.5 Å². The molecule has 8 heteroatoms. The molecule has 5 N–H and O–H groups in total. The molecule has 0 radical (unpaired) electrons. The second-order valence-corrected chi connectivity index (χ2v) is 10.2. The molecule has 0 aliphatic carbocycles. The number of rotatable bonds is 5. The largest absolute Gasteiger partial charge is 0.368 e. The van der Waals surface area contributed by atoms with Gasteiger partial charge in [0.1, 0.15) is 17.8 Å². The molecule has 8 rings (SSSR count). The standard InChI is InChI=1S/C31H28N8/c1-3-19(29-32-9-10-33-29)4-2-18(1)28-27(23-8-7-22(17-25(23)39-28)31-36-13-14-37-31)26-15-20-5-6-21(16-24(20)38-26)30-34-11-12-35-30/h1-8,11,15-17,30,35,38-39H,9-10,12-14H2,(H,32,33)(H,36,37). The van der Waals surface area contributed by atoms with Gasteiger partial charge in [-0.05, 0) is 29.3 Å². The third-order valence-electron chi connectivity index (χ3n) is 7.76. The molecule has 0 spiro atoms. The summed E-state index contributed by atoms with van der Waals surface area (Å²) in [7, 11) is 0. The summed E-state index contributed by atoms with van der Waals surface area (Å²) in [5, 5.41) is 12.5. The van der Waals surface area contributed by atoms with Gasteiger partial charge in [0.05, 0.1) is 18.8 Å². The van der Waals surface area contributed by atoms with Crippen LogP contribution in [0.3, 0.4) is 0 Å². The smallest absolute Gasteiger partial charge is 0.128 e. The normalized spacial score (nSPS) is 18.5. The highest BCUT2D eigenvalue weighted by Crippen LogP contribution is 2.40. The van der Waals surface area contributed by atoms with E-state index >= 15 is 0 Å². The van der Waals surface area contributed by atoms with Gasteiger partial charge in [0.25, 0.3) is 0 Å². The third-order valence-corrected chi connectivity index (χ3v) is 7.76. The van der Waals surface area contributed by atoms with Crippen molar-refractivity contribution >= 4 is 39.7 Å². The highest BCUT2D eigenvalue weighted by molar-refractivity contribution is 6.09. The van der Waals surface area contributed by atoms with E-state index in [0.29, 0.717) is 0 Å². The second kappa shape index (κ2) is 8.96. The van der Waals surface area contributed by atoms with Crippen LogP contribution in [0.15, 0.2) is 81.7 Å². The maximum absolute atomic E-state index is 4.63. The zero-order chi connectivity index (χ0) is 25.8. The fourth-order valence-electron chi connectivity index (χ4n) is 5.85. The minimum atomic E-state index is 0.0211. The van der Waals surface area contributed by atoms with E-state index in [4.69, 9.17) is 0 Å². The van der Waals surface area contributed by atoms with E-state index in [1.165, 1.54) is 10.8 Å². The first-order valence-corrected chi connectivity index (χ1v) is 13.5. The number of nitrogens with one attached hydrogen (secondary N) is 5. The summed E-state index contributed by atoms with van der Waals surface area (Å²) in [6, 6.07) is 24.0. The lowest BCUT2D eigenvalue weighted by molar-refractivity contribution is 0.644. The summed E-state index contributed by atoms with van der Waals surface area (Å²) in [5.74, 6) is 1.94. The number of benzene rings is 3. The number of amidine groups is 2. The molecule has 5 aromatic rings. The Labute approximate surface area is 225 Å². The van der Waals surface area contributed by atoms with E-state index in [2.05, 4.69) is 108 Å². The Balaban J connectivity index is 1.27. The number of hydrogen-bond donors (Lipinski definition) is 5. The summed E-state index contributed by atoms with van der Waals surface area (Å²) in [4.78, 5) is 21.2. The summed E-state index contributed by atoms with van der Waals surface area (Å²) in [6.45, 7) is 4.25. The zero-order valence-electron chi connectivity index (χ0n) is 21.4. The van der Waals surface area contributed by atoms with Gasteiger partial charge in [-0.15, -0.1) is 0 Å². The maximum atomic E-state index is 4.63. The first-order valence-electron chi connectivity index (χ1n) is 13.5. The molecule has 39 heavy (non-hydrogen) atoms.